The summed E-state index contributed by atoms with van der Waals surface area (Å²) in [5.74, 6) is -0.312. The quantitative estimate of drug-likeness (QED) is 0.624. The number of piperazine rings is 1. The molecule has 0 aromatic heterocycles. The van der Waals surface area contributed by atoms with Gasteiger partial charge in [-0.2, -0.15) is 0 Å². The Balaban J connectivity index is 1.89. The highest BCUT2D eigenvalue weighted by atomic mass is 35.5. The first-order chi connectivity index (χ1) is 13.0. The molecule has 3 rings (SSSR count). The van der Waals surface area contributed by atoms with Crippen LogP contribution in [0, 0.1) is 10.1 Å². The van der Waals surface area contributed by atoms with Crippen LogP contribution < -0.4 is 10.2 Å². The van der Waals surface area contributed by atoms with Gasteiger partial charge in [-0.25, -0.2) is 0 Å². The van der Waals surface area contributed by atoms with Gasteiger partial charge in [-0.1, -0.05) is 36.7 Å². The second-order valence-corrected chi connectivity index (χ2v) is 6.73. The number of likely N-dealkylation sites (N-methyl/N-ethyl adjacent to an activating group) is 1. The van der Waals surface area contributed by atoms with Crippen LogP contribution in [0.1, 0.15) is 17.3 Å². The number of hydrogen-bond donors (Lipinski definition) is 1. The average Bonchev–Trinajstić information content (AvgIpc) is 2.69. The number of benzene rings is 2. The van der Waals surface area contributed by atoms with Gasteiger partial charge in [-0.05, 0) is 24.7 Å². The van der Waals surface area contributed by atoms with Crippen LogP contribution in [-0.2, 0) is 0 Å². The van der Waals surface area contributed by atoms with Crippen molar-refractivity contribution in [2.24, 2.45) is 0 Å². The maximum absolute atomic E-state index is 12.4. The second-order valence-electron chi connectivity index (χ2n) is 6.32. The molecule has 27 heavy (non-hydrogen) atoms. The minimum atomic E-state index is -0.434. The fourth-order valence-corrected chi connectivity index (χ4v) is 3.34. The molecule has 1 saturated heterocycles. The lowest BCUT2D eigenvalue weighted by Crippen LogP contribution is -2.46. The van der Waals surface area contributed by atoms with Crippen LogP contribution >= 0.6 is 11.6 Å². The van der Waals surface area contributed by atoms with E-state index in [9.17, 15) is 14.9 Å². The van der Waals surface area contributed by atoms with Crippen molar-refractivity contribution in [3.05, 3.63) is 63.2 Å². The summed E-state index contributed by atoms with van der Waals surface area (Å²) < 4.78 is 0. The molecule has 0 aliphatic carbocycles. The van der Waals surface area contributed by atoms with Crippen molar-refractivity contribution in [1.82, 2.24) is 4.90 Å². The molecule has 2 aromatic carbocycles. The number of nitro groups is 1. The Kier molecular flexibility index (Phi) is 5.93. The lowest BCUT2D eigenvalue weighted by molar-refractivity contribution is -0.384. The van der Waals surface area contributed by atoms with Gasteiger partial charge in [0.05, 0.1) is 15.6 Å². The molecule has 0 spiro atoms. The highest BCUT2D eigenvalue weighted by molar-refractivity contribution is 6.34. The Morgan fingerprint density at radius 1 is 1.19 bits per heavy atom. The summed E-state index contributed by atoms with van der Waals surface area (Å²) in [5, 5.41) is 14.4. The molecular weight excluding hydrogens is 368 g/mol. The van der Waals surface area contributed by atoms with Crippen LogP contribution in [-0.4, -0.2) is 48.5 Å². The molecule has 0 bridgehead atoms. The number of nitrogens with zero attached hydrogens (tertiary/aromatic N) is 3. The lowest BCUT2D eigenvalue weighted by Gasteiger charge is -2.35. The van der Waals surface area contributed by atoms with Crippen LogP contribution in [0.5, 0.6) is 0 Å². The Morgan fingerprint density at radius 3 is 2.44 bits per heavy atom. The number of carbonyl (C=O) groups excluding carboxylic acids is 1. The summed E-state index contributed by atoms with van der Waals surface area (Å²) in [4.78, 5) is 27.8. The summed E-state index contributed by atoms with van der Waals surface area (Å²) >= 11 is 6.22. The minimum absolute atomic E-state index is 0.0531. The molecule has 0 unspecified atom stereocenters. The van der Waals surface area contributed by atoms with E-state index in [-0.39, 0.29) is 16.6 Å². The van der Waals surface area contributed by atoms with E-state index in [1.165, 1.54) is 6.07 Å². The van der Waals surface area contributed by atoms with Crippen molar-refractivity contribution in [1.29, 1.82) is 0 Å². The molecule has 1 aliphatic rings. The molecule has 1 N–H and O–H groups in total. The number of nitrogens with one attached hydrogen (secondary N) is 1. The van der Waals surface area contributed by atoms with Crippen LogP contribution in [0.3, 0.4) is 0 Å². The van der Waals surface area contributed by atoms with E-state index >= 15 is 0 Å². The van der Waals surface area contributed by atoms with E-state index in [1.807, 2.05) is 11.0 Å². The summed E-state index contributed by atoms with van der Waals surface area (Å²) in [6, 6.07) is 11.7. The third-order valence-electron chi connectivity index (χ3n) is 4.71. The Labute approximate surface area is 162 Å². The van der Waals surface area contributed by atoms with E-state index in [4.69, 9.17) is 11.6 Å². The zero-order valence-electron chi connectivity index (χ0n) is 15.0. The maximum atomic E-state index is 12.4. The second kappa shape index (κ2) is 8.37. The monoisotopic (exact) mass is 388 g/mol. The number of carbonyl (C=O) groups is 1. The van der Waals surface area contributed by atoms with Gasteiger partial charge >= 0.3 is 0 Å². The Bertz CT molecular complexity index is 836. The van der Waals surface area contributed by atoms with Crippen LogP contribution in [0.4, 0.5) is 17.1 Å². The number of amides is 1. The third-order valence-corrected chi connectivity index (χ3v) is 5.02. The number of halogens is 1. The van der Waals surface area contributed by atoms with Crippen molar-refractivity contribution in [2.75, 3.05) is 42.9 Å². The van der Waals surface area contributed by atoms with Crippen LogP contribution in [0.15, 0.2) is 42.5 Å². The average molecular weight is 389 g/mol. The van der Waals surface area contributed by atoms with Gasteiger partial charge in [0.1, 0.15) is 5.69 Å². The zero-order chi connectivity index (χ0) is 19.4. The Hall–Kier alpha value is -2.64. The molecule has 1 heterocycles. The predicted molar refractivity (Wildman–Crippen MR) is 107 cm³/mol. The van der Waals surface area contributed by atoms with E-state index in [0.717, 1.165) is 19.6 Å². The normalized spacial score (nSPS) is 14.8. The zero-order valence-corrected chi connectivity index (χ0v) is 15.8. The summed E-state index contributed by atoms with van der Waals surface area (Å²) in [7, 11) is 0. The van der Waals surface area contributed by atoms with E-state index < -0.39 is 4.92 Å². The fourth-order valence-electron chi connectivity index (χ4n) is 3.14. The van der Waals surface area contributed by atoms with Crippen molar-refractivity contribution >= 4 is 34.6 Å². The first-order valence-electron chi connectivity index (χ1n) is 8.81. The summed E-state index contributed by atoms with van der Waals surface area (Å²) in [6.07, 6.45) is 0. The van der Waals surface area contributed by atoms with Gasteiger partial charge in [0.15, 0.2) is 0 Å². The fraction of sp³-hybridized carbons (Fsp3) is 0.316. The molecule has 2 aromatic rings. The summed E-state index contributed by atoms with van der Waals surface area (Å²) in [6.45, 7) is 6.08. The van der Waals surface area contributed by atoms with Crippen LogP contribution in [0.2, 0.25) is 5.02 Å². The Morgan fingerprint density at radius 2 is 1.85 bits per heavy atom. The molecule has 1 fully saturated rings. The standard InChI is InChI=1S/C19H21ClN4O3/c1-2-22-8-10-23(11-9-22)17-13-16(15(20)12-18(17)24(26)27)21-19(25)14-6-4-3-5-7-14/h3-7,12-13H,2,8-11H2,1H3,(H,21,25). The highest BCUT2D eigenvalue weighted by Gasteiger charge is 2.25. The van der Waals surface area contributed by atoms with Crippen molar-refractivity contribution < 1.29 is 9.72 Å². The molecule has 7 nitrogen and oxygen atoms in total. The first kappa shape index (κ1) is 19.1. The SMILES string of the molecule is CCN1CCN(c2cc(NC(=O)c3ccccc3)c(Cl)cc2[N+](=O)[O-])CC1. The summed E-state index contributed by atoms with van der Waals surface area (Å²) in [5.41, 5.74) is 1.28. The van der Waals surface area contributed by atoms with Crippen molar-refractivity contribution in [3.63, 3.8) is 0 Å². The largest absolute Gasteiger partial charge is 0.363 e. The van der Waals surface area contributed by atoms with Crippen molar-refractivity contribution in [3.8, 4) is 0 Å². The van der Waals surface area contributed by atoms with E-state index in [0.29, 0.717) is 30.0 Å². The molecule has 0 radical (unpaired) electrons. The smallest absolute Gasteiger partial charge is 0.294 e. The molecular formula is C19H21ClN4O3. The first-order valence-corrected chi connectivity index (χ1v) is 9.19. The number of rotatable bonds is 5. The topological polar surface area (TPSA) is 78.7 Å². The maximum Gasteiger partial charge on any atom is 0.294 e. The van der Waals surface area contributed by atoms with Gasteiger partial charge in [0, 0.05) is 37.8 Å². The third kappa shape index (κ3) is 4.37. The molecule has 1 amide bonds. The van der Waals surface area contributed by atoms with Crippen LogP contribution in [0.25, 0.3) is 0 Å². The van der Waals surface area contributed by atoms with Gasteiger partial charge in [0.2, 0.25) is 0 Å². The molecule has 1 aliphatic heterocycles. The molecule has 0 atom stereocenters. The number of hydrogen-bond acceptors (Lipinski definition) is 5. The van der Waals surface area contributed by atoms with E-state index in [2.05, 4.69) is 17.1 Å². The molecule has 142 valence electrons. The van der Waals surface area contributed by atoms with Gasteiger partial charge in [-0.15, -0.1) is 0 Å². The highest BCUT2D eigenvalue weighted by Crippen LogP contribution is 2.37. The molecule has 0 saturated carbocycles. The van der Waals surface area contributed by atoms with E-state index in [1.54, 1.807) is 30.3 Å². The molecule has 8 heteroatoms. The number of anilines is 2. The van der Waals surface area contributed by atoms with Gasteiger partial charge in [-0.3, -0.25) is 14.9 Å². The lowest BCUT2D eigenvalue weighted by atomic mass is 10.1. The number of nitro benzene ring substituents is 1. The van der Waals surface area contributed by atoms with Crippen molar-refractivity contribution in [2.45, 2.75) is 6.92 Å². The predicted octanol–water partition coefficient (Wildman–Crippen LogP) is 3.64. The van der Waals surface area contributed by atoms with Gasteiger partial charge in [0.25, 0.3) is 11.6 Å². The van der Waals surface area contributed by atoms with Gasteiger partial charge < -0.3 is 15.1 Å². The minimum Gasteiger partial charge on any atom is -0.363 e.